The number of hydrogen-bond acceptors (Lipinski definition) is 4. The van der Waals surface area contributed by atoms with E-state index < -0.39 is 12.0 Å². The van der Waals surface area contributed by atoms with Crippen LogP contribution in [-0.2, 0) is 9.59 Å². The highest BCUT2D eigenvalue weighted by molar-refractivity contribution is 7.99. The van der Waals surface area contributed by atoms with Gasteiger partial charge in [-0.15, -0.1) is 0 Å². The highest BCUT2D eigenvalue weighted by Crippen LogP contribution is 2.27. The van der Waals surface area contributed by atoms with E-state index in [1.165, 1.54) is 11.8 Å². The van der Waals surface area contributed by atoms with E-state index in [1.807, 2.05) is 11.8 Å². The average molecular weight is 260 g/mol. The highest BCUT2D eigenvalue weighted by Gasteiger charge is 2.30. The second kappa shape index (κ2) is 6.86. The maximum Gasteiger partial charge on any atom is 0.320 e. The summed E-state index contributed by atoms with van der Waals surface area (Å²) in [6, 6.07) is -0.363. The fourth-order valence-corrected chi connectivity index (χ4v) is 2.51. The van der Waals surface area contributed by atoms with Crippen molar-refractivity contribution in [2.45, 2.75) is 38.3 Å². The molecule has 0 aliphatic heterocycles. The van der Waals surface area contributed by atoms with Gasteiger partial charge in [0.05, 0.1) is 5.75 Å². The number of nitrogens with zero attached hydrogens (tertiary/aromatic N) is 1. The molecule has 1 fully saturated rings. The van der Waals surface area contributed by atoms with E-state index in [4.69, 9.17) is 10.8 Å². The predicted molar refractivity (Wildman–Crippen MR) is 68.0 cm³/mol. The standard InChI is InChI=1S/C11H20N2O3S/c1-2-13(8-3-4-8)10(14)7-17-6-5-9(12)11(15)16/h8-9H,2-7,12H2,1H3,(H,15,16). The van der Waals surface area contributed by atoms with Gasteiger partial charge in [-0.2, -0.15) is 11.8 Å². The second-order valence-corrected chi connectivity index (χ2v) is 5.30. The van der Waals surface area contributed by atoms with Gasteiger partial charge in [-0.1, -0.05) is 0 Å². The number of carbonyl (C=O) groups is 2. The molecule has 98 valence electrons. The minimum absolute atomic E-state index is 0.156. The van der Waals surface area contributed by atoms with Crippen molar-refractivity contribution < 1.29 is 14.7 Å². The minimum Gasteiger partial charge on any atom is -0.480 e. The Morgan fingerprint density at radius 2 is 2.18 bits per heavy atom. The lowest BCUT2D eigenvalue weighted by Gasteiger charge is -2.20. The molecule has 0 aromatic carbocycles. The molecule has 1 atom stereocenters. The number of hydrogen-bond donors (Lipinski definition) is 2. The summed E-state index contributed by atoms with van der Waals surface area (Å²) in [6.07, 6.45) is 2.64. The molecule has 1 amide bonds. The Kier molecular flexibility index (Phi) is 5.77. The summed E-state index contributed by atoms with van der Waals surface area (Å²) in [4.78, 5) is 24.2. The lowest BCUT2D eigenvalue weighted by Crippen LogP contribution is -2.34. The average Bonchev–Trinajstić information content (AvgIpc) is 3.09. The number of carboxylic acids is 1. The van der Waals surface area contributed by atoms with Crippen LogP contribution >= 0.6 is 11.8 Å². The molecular weight excluding hydrogens is 240 g/mol. The van der Waals surface area contributed by atoms with Crippen LogP contribution in [0.2, 0.25) is 0 Å². The van der Waals surface area contributed by atoms with Gasteiger partial charge in [0.2, 0.25) is 5.91 Å². The number of thioether (sulfide) groups is 1. The van der Waals surface area contributed by atoms with Gasteiger partial charge in [-0.25, -0.2) is 0 Å². The third-order valence-electron chi connectivity index (χ3n) is 2.76. The van der Waals surface area contributed by atoms with Gasteiger partial charge in [0.15, 0.2) is 0 Å². The number of nitrogens with two attached hydrogens (primary N) is 1. The summed E-state index contributed by atoms with van der Waals surface area (Å²) in [5.74, 6) is 0.215. The first-order valence-corrected chi connectivity index (χ1v) is 7.07. The summed E-state index contributed by atoms with van der Waals surface area (Å²) in [7, 11) is 0. The van der Waals surface area contributed by atoms with Crippen LogP contribution in [0, 0.1) is 0 Å². The van der Waals surface area contributed by atoms with E-state index in [1.54, 1.807) is 0 Å². The van der Waals surface area contributed by atoms with Gasteiger partial charge in [0.1, 0.15) is 6.04 Å². The smallest absolute Gasteiger partial charge is 0.320 e. The Morgan fingerprint density at radius 1 is 1.53 bits per heavy atom. The number of carbonyl (C=O) groups excluding carboxylic acids is 1. The zero-order valence-corrected chi connectivity index (χ0v) is 10.9. The molecule has 1 aliphatic carbocycles. The normalized spacial score (nSPS) is 16.6. The van der Waals surface area contributed by atoms with Crippen molar-refractivity contribution >= 4 is 23.6 Å². The fourth-order valence-electron chi connectivity index (χ4n) is 1.60. The van der Waals surface area contributed by atoms with Crippen molar-refractivity contribution in [1.82, 2.24) is 4.90 Å². The summed E-state index contributed by atoms with van der Waals surface area (Å²) >= 11 is 1.46. The molecule has 17 heavy (non-hydrogen) atoms. The summed E-state index contributed by atoms with van der Waals surface area (Å²) in [5, 5.41) is 8.59. The van der Waals surface area contributed by atoms with E-state index >= 15 is 0 Å². The summed E-state index contributed by atoms with van der Waals surface area (Å²) in [6.45, 7) is 2.75. The van der Waals surface area contributed by atoms with Gasteiger partial charge < -0.3 is 15.7 Å². The molecule has 1 saturated carbocycles. The molecule has 1 rings (SSSR count). The van der Waals surface area contributed by atoms with Gasteiger partial charge in [0.25, 0.3) is 0 Å². The first kappa shape index (κ1) is 14.3. The van der Waals surface area contributed by atoms with Crippen LogP contribution in [0.1, 0.15) is 26.2 Å². The van der Waals surface area contributed by atoms with Crippen LogP contribution < -0.4 is 5.73 Å². The summed E-state index contributed by atoms with van der Waals surface area (Å²) < 4.78 is 0. The van der Waals surface area contributed by atoms with Crippen molar-refractivity contribution in [2.75, 3.05) is 18.1 Å². The molecule has 0 aromatic heterocycles. The quantitative estimate of drug-likeness (QED) is 0.622. The van der Waals surface area contributed by atoms with Crippen molar-refractivity contribution in [3.63, 3.8) is 0 Å². The molecule has 1 aliphatic rings. The van der Waals surface area contributed by atoms with E-state index in [0.717, 1.165) is 19.4 Å². The van der Waals surface area contributed by atoms with Crippen LogP contribution in [-0.4, -0.2) is 52.0 Å². The number of carboxylic acid groups (broad SMARTS) is 1. The zero-order valence-electron chi connectivity index (χ0n) is 10.1. The number of amides is 1. The molecular formula is C11H20N2O3S. The van der Waals surface area contributed by atoms with E-state index in [2.05, 4.69) is 0 Å². The van der Waals surface area contributed by atoms with Crippen LogP contribution in [0.4, 0.5) is 0 Å². The van der Waals surface area contributed by atoms with Crippen LogP contribution in [0.5, 0.6) is 0 Å². The number of aliphatic carboxylic acids is 1. The lowest BCUT2D eigenvalue weighted by molar-refractivity contribution is -0.138. The minimum atomic E-state index is -0.981. The molecule has 0 bridgehead atoms. The SMILES string of the molecule is CCN(C(=O)CSCCC(N)C(=O)O)C1CC1. The van der Waals surface area contributed by atoms with Gasteiger partial charge in [-0.3, -0.25) is 9.59 Å². The molecule has 0 spiro atoms. The Bertz CT molecular complexity index is 282. The van der Waals surface area contributed by atoms with Crippen LogP contribution in [0.3, 0.4) is 0 Å². The molecule has 6 heteroatoms. The molecule has 3 N–H and O–H groups in total. The maximum absolute atomic E-state index is 11.8. The topological polar surface area (TPSA) is 83.6 Å². The Balaban J connectivity index is 2.13. The third kappa shape index (κ3) is 4.95. The second-order valence-electron chi connectivity index (χ2n) is 4.20. The van der Waals surface area contributed by atoms with E-state index in [0.29, 0.717) is 24.0 Å². The van der Waals surface area contributed by atoms with Crippen molar-refractivity contribution in [1.29, 1.82) is 0 Å². The van der Waals surface area contributed by atoms with Gasteiger partial charge >= 0.3 is 5.97 Å². The van der Waals surface area contributed by atoms with E-state index in [-0.39, 0.29) is 5.91 Å². The maximum atomic E-state index is 11.8. The first-order valence-electron chi connectivity index (χ1n) is 5.91. The predicted octanol–water partition coefficient (Wildman–Crippen LogP) is 0.532. The first-order chi connectivity index (χ1) is 8.06. The van der Waals surface area contributed by atoms with Crippen molar-refractivity contribution in [3.05, 3.63) is 0 Å². The molecule has 0 radical (unpaired) electrons. The van der Waals surface area contributed by atoms with Crippen molar-refractivity contribution in [3.8, 4) is 0 Å². The third-order valence-corrected chi connectivity index (χ3v) is 3.74. The fraction of sp³-hybridized carbons (Fsp3) is 0.818. The largest absolute Gasteiger partial charge is 0.480 e. The zero-order chi connectivity index (χ0) is 12.8. The molecule has 0 saturated heterocycles. The van der Waals surface area contributed by atoms with Gasteiger partial charge in [0, 0.05) is 12.6 Å². The van der Waals surface area contributed by atoms with E-state index in [9.17, 15) is 9.59 Å². The molecule has 1 unspecified atom stereocenters. The Labute approximate surface area is 106 Å². The van der Waals surface area contributed by atoms with Crippen molar-refractivity contribution in [2.24, 2.45) is 5.73 Å². The number of rotatable bonds is 8. The Morgan fingerprint density at radius 3 is 2.65 bits per heavy atom. The molecule has 5 nitrogen and oxygen atoms in total. The molecule has 0 aromatic rings. The highest BCUT2D eigenvalue weighted by atomic mass is 32.2. The summed E-state index contributed by atoms with van der Waals surface area (Å²) in [5.41, 5.74) is 5.37. The lowest BCUT2D eigenvalue weighted by atomic mass is 10.2. The van der Waals surface area contributed by atoms with Crippen LogP contribution in [0.25, 0.3) is 0 Å². The molecule has 0 heterocycles. The monoisotopic (exact) mass is 260 g/mol. The van der Waals surface area contributed by atoms with Gasteiger partial charge in [-0.05, 0) is 31.9 Å². The Hall–Kier alpha value is -0.750. The van der Waals surface area contributed by atoms with Crippen LogP contribution in [0.15, 0.2) is 0 Å².